The number of carbonyl (C=O) groups is 1. The summed E-state index contributed by atoms with van der Waals surface area (Å²) in [6, 6.07) is -0.315. The molecule has 1 aromatic rings. The van der Waals surface area contributed by atoms with Crippen LogP contribution in [0.3, 0.4) is 0 Å². The van der Waals surface area contributed by atoms with Gasteiger partial charge in [0.25, 0.3) is 5.56 Å². The minimum absolute atomic E-state index is 0. The Labute approximate surface area is 147 Å². The van der Waals surface area contributed by atoms with E-state index in [-0.39, 0.29) is 35.8 Å². The van der Waals surface area contributed by atoms with Crippen molar-refractivity contribution in [2.24, 2.45) is 18.7 Å². The Kier molecular flexibility index (Phi) is 5.67. The highest BCUT2D eigenvalue weighted by molar-refractivity contribution is 5.85. The molecule has 0 bridgehead atoms. The van der Waals surface area contributed by atoms with Crippen molar-refractivity contribution in [3.8, 4) is 0 Å². The molecule has 1 aliphatic heterocycles. The third-order valence-corrected chi connectivity index (χ3v) is 5.18. The topological polar surface area (TPSA) is 101 Å². The van der Waals surface area contributed by atoms with Crippen LogP contribution in [0.15, 0.2) is 4.79 Å². The Balaban J connectivity index is 0.00000208. The first-order chi connectivity index (χ1) is 10.9. The molecule has 24 heavy (non-hydrogen) atoms. The number of aliphatic hydroxyl groups excluding tert-OH is 1. The van der Waals surface area contributed by atoms with Gasteiger partial charge in [0, 0.05) is 44.1 Å². The number of amides is 1. The lowest BCUT2D eigenvalue weighted by atomic mass is 10.1. The highest BCUT2D eigenvalue weighted by Gasteiger charge is 2.37. The van der Waals surface area contributed by atoms with E-state index < -0.39 is 6.10 Å². The Morgan fingerprint density at radius 1 is 1.29 bits per heavy atom. The van der Waals surface area contributed by atoms with Crippen molar-refractivity contribution in [2.75, 3.05) is 13.1 Å². The lowest BCUT2D eigenvalue weighted by molar-refractivity contribution is -0.135. The molecule has 8 heteroatoms. The molecule has 134 valence electrons. The molecule has 2 heterocycles. The van der Waals surface area contributed by atoms with Crippen molar-refractivity contribution in [3.63, 3.8) is 0 Å². The summed E-state index contributed by atoms with van der Waals surface area (Å²) in [4.78, 5) is 31.4. The molecule has 1 saturated carbocycles. The van der Waals surface area contributed by atoms with Gasteiger partial charge in [-0.2, -0.15) is 0 Å². The second kappa shape index (κ2) is 7.21. The van der Waals surface area contributed by atoms with Gasteiger partial charge in [-0.15, -0.1) is 12.4 Å². The van der Waals surface area contributed by atoms with Crippen molar-refractivity contribution in [1.29, 1.82) is 0 Å². The molecule has 1 fully saturated rings. The van der Waals surface area contributed by atoms with Crippen molar-refractivity contribution in [2.45, 2.75) is 44.8 Å². The van der Waals surface area contributed by atoms with Crippen LogP contribution in [0.25, 0.3) is 0 Å². The number of aryl methyl sites for hydroxylation is 1. The van der Waals surface area contributed by atoms with Crippen molar-refractivity contribution >= 4 is 18.3 Å². The zero-order chi connectivity index (χ0) is 16.7. The molecule has 0 unspecified atom stereocenters. The number of hydrogen-bond donors (Lipinski definition) is 2. The lowest BCUT2D eigenvalue weighted by Crippen LogP contribution is -2.37. The predicted octanol–water partition coefficient (Wildman–Crippen LogP) is -0.464. The Morgan fingerprint density at radius 2 is 1.96 bits per heavy atom. The fourth-order valence-electron chi connectivity index (χ4n) is 3.60. The van der Waals surface area contributed by atoms with Gasteiger partial charge in [-0.05, 0) is 26.2 Å². The number of aromatic nitrogens is 2. The molecule has 3 rings (SSSR count). The Bertz CT molecular complexity index is 681. The average molecular weight is 357 g/mol. The number of carbonyl (C=O) groups excluding carboxylic acids is 1. The first kappa shape index (κ1) is 18.9. The first-order valence-electron chi connectivity index (χ1n) is 8.16. The Hall–Kier alpha value is -1.44. The van der Waals surface area contributed by atoms with Crippen LogP contribution < -0.4 is 11.3 Å². The maximum absolute atomic E-state index is 12.7. The Morgan fingerprint density at radius 3 is 2.58 bits per heavy atom. The summed E-state index contributed by atoms with van der Waals surface area (Å²) >= 11 is 0. The number of nitrogens with two attached hydrogens (primary N) is 1. The zero-order valence-electron chi connectivity index (χ0n) is 14.1. The summed E-state index contributed by atoms with van der Waals surface area (Å²) in [6.07, 6.45) is 1.50. The number of fused-ring (bicyclic) bond motifs is 1. The van der Waals surface area contributed by atoms with Crippen LogP contribution in [0.4, 0.5) is 0 Å². The molecule has 3 N–H and O–H groups in total. The monoisotopic (exact) mass is 356 g/mol. The van der Waals surface area contributed by atoms with E-state index in [1.165, 1.54) is 0 Å². The fourth-order valence-corrected chi connectivity index (χ4v) is 3.60. The average Bonchev–Trinajstić information content (AvgIpc) is 2.73. The van der Waals surface area contributed by atoms with E-state index in [0.717, 1.165) is 11.3 Å². The van der Waals surface area contributed by atoms with Crippen molar-refractivity contribution < 1.29 is 9.90 Å². The normalized spacial score (nSPS) is 26.5. The molecule has 0 aromatic carbocycles. The summed E-state index contributed by atoms with van der Waals surface area (Å²) in [5, 5.41) is 9.76. The lowest BCUT2D eigenvalue weighted by Gasteiger charge is -2.23. The van der Waals surface area contributed by atoms with E-state index in [1.807, 2.05) is 6.92 Å². The quantitative estimate of drug-likeness (QED) is 0.708. The largest absolute Gasteiger partial charge is 0.391 e. The van der Waals surface area contributed by atoms with Gasteiger partial charge in [-0.1, -0.05) is 0 Å². The van der Waals surface area contributed by atoms with Crippen LogP contribution in [0, 0.1) is 12.8 Å². The molecule has 1 amide bonds. The zero-order valence-corrected chi connectivity index (χ0v) is 14.9. The van der Waals surface area contributed by atoms with E-state index in [4.69, 9.17) is 5.73 Å². The molecule has 0 saturated heterocycles. The summed E-state index contributed by atoms with van der Waals surface area (Å²) in [6.45, 7) is 2.90. The smallest absolute Gasteiger partial charge is 0.256 e. The molecular formula is C16H25ClN4O3. The first-order valence-corrected chi connectivity index (χ1v) is 8.16. The molecule has 0 spiro atoms. The molecule has 0 radical (unpaired) electrons. The molecule has 1 aliphatic carbocycles. The highest BCUT2D eigenvalue weighted by atomic mass is 35.5. The standard InChI is InChI=1S/C16H24N4O3.ClH/c1-9-18-13-4-6-20(5-3-11(13)16(23)19(9)2)15(22)10-7-12(17)14(21)8-10;/h10,12,14,21H,3-8,17H2,1-2H3;1H/t10-,12+,14+;/m0./s1. The van der Waals surface area contributed by atoms with E-state index in [0.29, 0.717) is 44.6 Å². The van der Waals surface area contributed by atoms with Gasteiger partial charge in [0.2, 0.25) is 5.91 Å². The predicted molar refractivity (Wildman–Crippen MR) is 92.2 cm³/mol. The third-order valence-electron chi connectivity index (χ3n) is 5.18. The van der Waals surface area contributed by atoms with Gasteiger partial charge in [0.15, 0.2) is 0 Å². The summed E-state index contributed by atoms with van der Waals surface area (Å²) in [7, 11) is 1.72. The maximum Gasteiger partial charge on any atom is 0.256 e. The SMILES string of the molecule is Cc1nc2c(c(=O)n1C)CCN(C(=O)[C@H]1C[C@@H](N)[C@H](O)C1)CC2.Cl. The second-order valence-corrected chi connectivity index (χ2v) is 6.67. The van der Waals surface area contributed by atoms with Crippen LogP contribution >= 0.6 is 12.4 Å². The fraction of sp³-hybridized carbons (Fsp3) is 0.688. The number of hydrogen-bond acceptors (Lipinski definition) is 5. The van der Waals surface area contributed by atoms with Gasteiger partial charge < -0.3 is 15.7 Å². The van der Waals surface area contributed by atoms with Crippen LogP contribution in [0.2, 0.25) is 0 Å². The number of aliphatic hydroxyl groups is 1. The van der Waals surface area contributed by atoms with E-state index in [2.05, 4.69) is 4.98 Å². The number of nitrogens with zero attached hydrogens (tertiary/aromatic N) is 3. The summed E-state index contributed by atoms with van der Waals surface area (Å²) in [5.74, 6) is 0.524. The van der Waals surface area contributed by atoms with Crippen LogP contribution in [0.5, 0.6) is 0 Å². The second-order valence-electron chi connectivity index (χ2n) is 6.67. The van der Waals surface area contributed by atoms with Crippen molar-refractivity contribution in [3.05, 3.63) is 27.4 Å². The van der Waals surface area contributed by atoms with Gasteiger partial charge in [0.05, 0.1) is 11.8 Å². The number of halogens is 1. The third kappa shape index (κ3) is 3.34. The van der Waals surface area contributed by atoms with Crippen LogP contribution in [0.1, 0.15) is 29.9 Å². The van der Waals surface area contributed by atoms with Gasteiger partial charge in [-0.3, -0.25) is 14.2 Å². The van der Waals surface area contributed by atoms with E-state index in [1.54, 1.807) is 16.5 Å². The molecule has 3 atom stereocenters. The van der Waals surface area contributed by atoms with Crippen LogP contribution in [-0.2, 0) is 24.7 Å². The summed E-state index contributed by atoms with van der Waals surface area (Å²) in [5.41, 5.74) is 7.33. The molecule has 1 aromatic heterocycles. The van der Waals surface area contributed by atoms with Crippen molar-refractivity contribution in [1.82, 2.24) is 14.5 Å². The molecule has 2 aliphatic rings. The number of rotatable bonds is 1. The minimum atomic E-state index is -0.593. The molecular weight excluding hydrogens is 332 g/mol. The highest BCUT2D eigenvalue weighted by Crippen LogP contribution is 2.27. The maximum atomic E-state index is 12.7. The molecule has 7 nitrogen and oxygen atoms in total. The van der Waals surface area contributed by atoms with E-state index in [9.17, 15) is 14.7 Å². The summed E-state index contributed by atoms with van der Waals surface area (Å²) < 4.78 is 1.56. The van der Waals surface area contributed by atoms with Gasteiger partial charge in [0.1, 0.15) is 5.82 Å². The van der Waals surface area contributed by atoms with E-state index >= 15 is 0 Å². The minimum Gasteiger partial charge on any atom is -0.391 e. The van der Waals surface area contributed by atoms with Gasteiger partial charge in [-0.25, -0.2) is 4.98 Å². The van der Waals surface area contributed by atoms with Gasteiger partial charge >= 0.3 is 0 Å². The van der Waals surface area contributed by atoms with Crippen LogP contribution in [-0.4, -0.2) is 50.7 Å².